The second-order valence-electron chi connectivity index (χ2n) is 8.06. The number of carboxylic acid groups (broad SMARTS) is 1. The van der Waals surface area contributed by atoms with Gasteiger partial charge in [0.25, 0.3) is 0 Å². The zero-order chi connectivity index (χ0) is 19.9. The molecule has 2 heterocycles. The van der Waals surface area contributed by atoms with Crippen LogP contribution in [0.3, 0.4) is 0 Å². The number of carboxylic acids is 1. The van der Waals surface area contributed by atoms with E-state index in [0.717, 1.165) is 41.7 Å². The molecule has 1 aliphatic rings. The Bertz CT molecular complexity index is 1030. The second-order valence-corrected chi connectivity index (χ2v) is 8.06. The van der Waals surface area contributed by atoms with E-state index in [4.69, 9.17) is 13.9 Å². The lowest BCUT2D eigenvalue weighted by Gasteiger charge is -2.25. The highest BCUT2D eigenvalue weighted by atomic mass is 16.5. The monoisotopic (exact) mass is 380 g/mol. The van der Waals surface area contributed by atoms with E-state index in [1.54, 1.807) is 0 Å². The highest BCUT2D eigenvalue weighted by Crippen LogP contribution is 2.41. The van der Waals surface area contributed by atoms with Crippen molar-refractivity contribution in [1.29, 1.82) is 0 Å². The average Bonchev–Trinajstić information content (AvgIpc) is 3.04. The van der Waals surface area contributed by atoms with Crippen LogP contribution in [0.25, 0.3) is 22.3 Å². The van der Waals surface area contributed by atoms with Gasteiger partial charge in [0.05, 0.1) is 12.2 Å². The Kier molecular flexibility index (Phi) is 4.63. The summed E-state index contributed by atoms with van der Waals surface area (Å²) >= 11 is 0. The Morgan fingerprint density at radius 2 is 1.96 bits per heavy atom. The number of carbonyl (C=O) groups is 1. The summed E-state index contributed by atoms with van der Waals surface area (Å²) in [5.74, 6) is 0.378. The minimum Gasteiger partial charge on any atom is -0.493 e. The first-order chi connectivity index (χ1) is 13.3. The van der Waals surface area contributed by atoms with E-state index in [1.807, 2.05) is 63.2 Å². The van der Waals surface area contributed by atoms with Crippen LogP contribution >= 0.6 is 0 Å². The van der Waals surface area contributed by atoms with Crippen LogP contribution in [0.1, 0.15) is 44.4 Å². The van der Waals surface area contributed by atoms with Crippen LogP contribution in [-0.2, 0) is 16.0 Å². The third-order valence-corrected chi connectivity index (χ3v) is 4.76. The maximum absolute atomic E-state index is 12.1. The fourth-order valence-corrected chi connectivity index (χ4v) is 3.63. The molecule has 0 amide bonds. The van der Waals surface area contributed by atoms with Crippen molar-refractivity contribution in [3.8, 4) is 17.1 Å². The summed E-state index contributed by atoms with van der Waals surface area (Å²) in [5, 5.41) is 10.7. The molecular weight excluding hydrogens is 356 g/mol. The first-order valence-corrected chi connectivity index (χ1v) is 9.51. The Morgan fingerprint density at radius 3 is 2.71 bits per heavy atom. The zero-order valence-electron chi connectivity index (χ0n) is 16.3. The van der Waals surface area contributed by atoms with E-state index in [-0.39, 0.29) is 0 Å². The number of hydrogen-bond donors (Lipinski definition) is 1. The number of aliphatic carboxylic acids is 1. The van der Waals surface area contributed by atoms with Crippen LogP contribution in [0.15, 0.2) is 46.9 Å². The molecule has 5 nitrogen and oxygen atoms in total. The van der Waals surface area contributed by atoms with Crippen LogP contribution < -0.4 is 4.74 Å². The molecule has 3 aromatic rings. The number of benzene rings is 2. The first-order valence-electron chi connectivity index (χ1n) is 9.51. The topological polar surface area (TPSA) is 68.9 Å². The summed E-state index contributed by atoms with van der Waals surface area (Å²) in [4.78, 5) is 12.1. The van der Waals surface area contributed by atoms with Gasteiger partial charge in [-0.25, -0.2) is 4.79 Å². The van der Waals surface area contributed by atoms with Gasteiger partial charge < -0.3 is 19.0 Å². The molecule has 0 saturated heterocycles. The molecule has 0 aliphatic carbocycles. The molecular formula is C23H24O5. The van der Waals surface area contributed by atoms with E-state index in [9.17, 15) is 9.90 Å². The van der Waals surface area contributed by atoms with Gasteiger partial charge in [-0.1, -0.05) is 18.2 Å². The van der Waals surface area contributed by atoms with Gasteiger partial charge in [-0.05, 0) is 63.4 Å². The largest absolute Gasteiger partial charge is 0.493 e. The lowest BCUT2D eigenvalue weighted by atomic mass is 9.97. The molecule has 146 valence electrons. The van der Waals surface area contributed by atoms with Crippen molar-refractivity contribution in [1.82, 2.24) is 0 Å². The highest BCUT2D eigenvalue weighted by molar-refractivity contribution is 5.93. The summed E-state index contributed by atoms with van der Waals surface area (Å²) in [6.07, 6.45) is 0.763. The Balaban J connectivity index is 1.91. The predicted molar refractivity (Wildman–Crippen MR) is 107 cm³/mol. The molecule has 0 bridgehead atoms. The lowest BCUT2D eigenvalue weighted by Crippen LogP contribution is -2.27. The quantitative estimate of drug-likeness (QED) is 0.659. The summed E-state index contributed by atoms with van der Waals surface area (Å²) < 4.78 is 17.8. The van der Waals surface area contributed by atoms with Crippen molar-refractivity contribution in [3.05, 3.63) is 53.6 Å². The van der Waals surface area contributed by atoms with Gasteiger partial charge in [0.1, 0.15) is 17.1 Å². The van der Waals surface area contributed by atoms with Crippen LogP contribution in [0.2, 0.25) is 0 Å². The maximum atomic E-state index is 12.1. The SMILES string of the molecule is CC(C)(C)OC(C(=O)O)c1c(-c2ccc3c(c2)CCCO3)oc2ccccc12. The zero-order valence-corrected chi connectivity index (χ0v) is 16.3. The molecule has 0 saturated carbocycles. The molecule has 0 radical (unpaired) electrons. The Morgan fingerprint density at radius 1 is 1.18 bits per heavy atom. The summed E-state index contributed by atoms with van der Waals surface area (Å²) in [6, 6.07) is 13.4. The minimum absolute atomic E-state index is 0.534. The Labute approximate surface area is 163 Å². The van der Waals surface area contributed by atoms with E-state index in [1.165, 1.54) is 0 Å². The lowest BCUT2D eigenvalue weighted by molar-refractivity contribution is -0.160. The van der Waals surface area contributed by atoms with E-state index in [0.29, 0.717) is 16.9 Å². The molecule has 0 fully saturated rings. The normalized spacial score (nSPS) is 15.1. The fraction of sp³-hybridized carbons (Fsp3) is 0.348. The highest BCUT2D eigenvalue weighted by Gasteiger charge is 2.33. The van der Waals surface area contributed by atoms with Gasteiger partial charge in [-0.3, -0.25) is 0 Å². The number of aryl methyl sites for hydroxylation is 1. The predicted octanol–water partition coefficient (Wildman–Crippen LogP) is 5.37. The third-order valence-electron chi connectivity index (χ3n) is 4.76. The third kappa shape index (κ3) is 3.50. The summed E-state index contributed by atoms with van der Waals surface area (Å²) in [7, 11) is 0. The molecule has 1 N–H and O–H groups in total. The van der Waals surface area contributed by atoms with Gasteiger partial charge >= 0.3 is 5.97 Å². The van der Waals surface area contributed by atoms with Gasteiger partial charge in [0.2, 0.25) is 0 Å². The summed E-state index contributed by atoms with van der Waals surface area (Å²) in [5.41, 5.74) is 2.51. The Hall–Kier alpha value is -2.79. The average molecular weight is 380 g/mol. The van der Waals surface area contributed by atoms with Crippen molar-refractivity contribution in [2.75, 3.05) is 6.61 Å². The van der Waals surface area contributed by atoms with E-state index in [2.05, 4.69) is 0 Å². The van der Waals surface area contributed by atoms with E-state index < -0.39 is 17.7 Å². The molecule has 1 aliphatic heterocycles. The molecule has 5 heteroatoms. The molecule has 2 aromatic carbocycles. The number of hydrogen-bond acceptors (Lipinski definition) is 4. The smallest absolute Gasteiger partial charge is 0.337 e. The van der Waals surface area contributed by atoms with Crippen molar-refractivity contribution in [3.63, 3.8) is 0 Å². The fourth-order valence-electron chi connectivity index (χ4n) is 3.63. The minimum atomic E-state index is -1.13. The van der Waals surface area contributed by atoms with Crippen LogP contribution in [0.5, 0.6) is 5.75 Å². The molecule has 0 spiro atoms. The van der Waals surface area contributed by atoms with Crippen molar-refractivity contribution in [2.45, 2.75) is 45.3 Å². The molecule has 28 heavy (non-hydrogen) atoms. The van der Waals surface area contributed by atoms with Gasteiger partial charge in [-0.15, -0.1) is 0 Å². The van der Waals surface area contributed by atoms with Crippen LogP contribution in [-0.4, -0.2) is 23.3 Å². The van der Waals surface area contributed by atoms with Crippen LogP contribution in [0, 0.1) is 0 Å². The first kappa shape index (κ1) is 18.6. The van der Waals surface area contributed by atoms with Crippen molar-refractivity contribution in [2.24, 2.45) is 0 Å². The summed E-state index contributed by atoms with van der Waals surface area (Å²) in [6.45, 7) is 6.27. The molecule has 1 atom stereocenters. The number of fused-ring (bicyclic) bond motifs is 2. The van der Waals surface area contributed by atoms with E-state index >= 15 is 0 Å². The standard InChI is InChI=1S/C23H24O5/c1-23(2,3)28-21(22(24)25)19-16-8-4-5-9-18(16)27-20(19)15-10-11-17-14(13-15)7-6-12-26-17/h4-5,8-11,13,21H,6-7,12H2,1-3H3,(H,24,25). The van der Waals surface area contributed by atoms with Crippen LogP contribution in [0.4, 0.5) is 0 Å². The van der Waals surface area contributed by atoms with Gasteiger partial charge in [0, 0.05) is 16.5 Å². The number of ether oxygens (including phenoxy) is 2. The van der Waals surface area contributed by atoms with Crippen molar-refractivity contribution >= 4 is 16.9 Å². The van der Waals surface area contributed by atoms with Gasteiger partial charge in [0.15, 0.2) is 6.10 Å². The second kappa shape index (κ2) is 6.99. The van der Waals surface area contributed by atoms with Crippen molar-refractivity contribution < 1.29 is 23.8 Å². The maximum Gasteiger partial charge on any atom is 0.337 e. The van der Waals surface area contributed by atoms with Gasteiger partial charge in [-0.2, -0.15) is 0 Å². The number of furan rings is 1. The molecule has 1 unspecified atom stereocenters. The number of para-hydroxylation sites is 1. The molecule has 4 rings (SSSR count). The molecule has 1 aromatic heterocycles. The number of rotatable bonds is 4.